The number of thiazole rings is 1. The highest BCUT2D eigenvalue weighted by molar-refractivity contribution is 7.15. The Bertz CT molecular complexity index is 471. The SMILES string of the molecule is CCc1nc(NC(=O)[C@@H]2C[C@@H]2[N+](=O)[O-])sc1C. The molecule has 0 unspecified atom stereocenters. The summed E-state index contributed by atoms with van der Waals surface area (Å²) in [5.41, 5.74) is 0.965. The standard InChI is InChI=1S/C10H13N3O3S/c1-3-7-5(2)17-10(11-7)12-9(14)6-4-8(6)13(15)16/h6,8H,3-4H2,1-2H3,(H,11,12,14)/t6-,8+/m1/s1. The zero-order valence-electron chi connectivity index (χ0n) is 9.60. The highest BCUT2D eigenvalue weighted by Crippen LogP contribution is 2.34. The molecule has 1 aromatic heterocycles. The van der Waals surface area contributed by atoms with Crippen molar-refractivity contribution in [1.82, 2.24) is 4.98 Å². The third-order valence-corrected chi connectivity index (χ3v) is 3.75. The van der Waals surface area contributed by atoms with Crippen molar-refractivity contribution in [3.05, 3.63) is 20.7 Å². The van der Waals surface area contributed by atoms with E-state index in [-0.39, 0.29) is 5.91 Å². The van der Waals surface area contributed by atoms with Gasteiger partial charge in [-0.05, 0) is 13.3 Å². The number of aryl methyl sites for hydroxylation is 2. The van der Waals surface area contributed by atoms with E-state index in [0.717, 1.165) is 17.0 Å². The van der Waals surface area contributed by atoms with Crippen LogP contribution in [0.4, 0.5) is 5.13 Å². The first kappa shape index (κ1) is 12.0. The fourth-order valence-electron chi connectivity index (χ4n) is 1.70. The topological polar surface area (TPSA) is 85.1 Å². The maximum atomic E-state index is 11.6. The van der Waals surface area contributed by atoms with Gasteiger partial charge in [-0.25, -0.2) is 4.98 Å². The van der Waals surface area contributed by atoms with E-state index in [1.807, 2.05) is 13.8 Å². The Labute approximate surface area is 102 Å². The average Bonchev–Trinajstić information content (AvgIpc) is 2.99. The number of nitrogens with one attached hydrogen (secondary N) is 1. The summed E-state index contributed by atoms with van der Waals surface area (Å²) in [6.07, 6.45) is 1.16. The molecule has 1 fully saturated rings. The molecule has 2 rings (SSSR count). The molecule has 17 heavy (non-hydrogen) atoms. The van der Waals surface area contributed by atoms with Gasteiger partial charge in [0.25, 0.3) is 0 Å². The Morgan fingerprint density at radius 3 is 2.88 bits per heavy atom. The number of nitrogens with zero attached hydrogens (tertiary/aromatic N) is 2. The van der Waals surface area contributed by atoms with Crippen molar-refractivity contribution in [2.24, 2.45) is 5.92 Å². The predicted molar refractivity (Wildman–Crippen MR) is 63.7 cm³/mol. The predicted octanol–water partition coefficient (Wildman–Crippen LogP) is 1.62. The van der Waals surface area contributed by atoms with Crippen LogP contribution in [0.5, 0.6) is 0 Å². The molecule has 1 saturated carbocycles. The van der Waals surface area contributed by atoms with E-state index >= 15 is 0 Å². The summed E-state index contributed by atoms with van der Waals surface area (Å²) in [6.45, 7) is 3.94. The van der Waals surface area contributed by atoms with Crippen molar-refractivity contribution in [1.29, 1.82) is 0 Å². The smallest absolute Gasteiger partial charge is 0.236 e. The molecule has 0 spiro atoms. The van der Waals surface area contributed by atoms with E-state index in [9.17, 15) is 14.9 Å². The molecule has 1 aliphatic carbocycles. The van der Waals surface area contributed by atoms with E-state index in [0.29, 0.717) is 11.6 Å². The molecule has 2 atom stereocenters. The van der Waals surface area contributed by atoms with Crippen LogP contribution in [-0.2, 0) is 11.2 Å². The molecule has 0 saturated heterocycles. The maximum absolute atomic E-state index is 11.6. The van der Waals surface area contributed by atoms with Crippen LogP contribution in [0.15, 0.2) is 0 Å². The Hall–Kier alpha value is -1.50. The normalized spacial score (nSPS) is 22.2. The van der Waals surface area contributed by atoms with Gasteiger partial charge in [0.1, 0.15) is 5.92 Å². The van der Waals surface area contributed by atoms with Crippen molar-refractivity contribution < 1.29 is 9.72 Å². The number of amides is 1. The van der Waals surface area contributed by atoms with Crippen LogP contribution in [0.2, 0.25) is 0 Å². The minimum absolute atomic E-state index is 0.289. The summed E-state index contributed by atoms with van der Waals surface area (Å²) in [7, 11) is 0. The minimum Gasteiger partial charge on any atom is -0.301 e. The Balaban J connectivity index is 1.97. The maximum Gasteiger partial charge on any atom is 0.236 e. The van der Waals surface area contributed by atoms with Crippen molar-refractivity contribution >= 4 is 22.4 Å². The third-order valence-electron chi connectivity index (χ3n) is 2.82. The molecule has 6 nitrogen and oxygen atoms in total. The lowest BCUT2D eigenvalue weighted by molar-refractivity contribution is -0.497. The van der Waals surface area contributed by atoms with Crippen LogP contribution in [0, 0.1) is 23.0 Å². The fourth-order valence-corrected chi connectivity index (χ4v) is 2.61. The van der Waals surface area contributed by atoms with Gasteiger partial charge < -0.3 is 5.32 Å². The summed E-state index contributed by atoms with van der Waals surface area (Å²) in [6, 6.07) is -0.707. The number of anilines is 1. The molecule has 1 aliphatic rings. The Kier molecular flexibility index (Phi) is 3.10. The number of aromatic nitrogens is 1. The largest absolute Gasteiger partial charge is 0.301 e. The summed E-state index contributed by atoms with van der Waals surface area (Å²) in [5.74, 6) is -0.776. The molecular formula is C10H13N3O3S. The van der Waals surface area contributed by atoms with Crippen LogP contribution in [0.25, 0.3) is 0 Å². The summed E-state index contributed by atoms with van der Waals surface area (Å²) in [5, 5.41) is 13.6. The molecular weight excluding hydrogens is 242 g/mol. The molecule has 0 aliphatic heterocycles. The van der Waals surface area contributed by atoms with Crippen molar-refractivity contribution in [3.8, 4) is 0 Å². The number of carbonyl (C=O) groups is 1. The van der Waals surface area contributed by atoms with Gasteiger partial charge in [0.05, 0.1) is 5.69 Å². The fraction of sp³-hybridized carbons (Fsp3) is 0.600. The van der Waals surface area contributed by atoms with Gasteiger partial charge in [0.2, 0.25) is 11.9 Å². The van der Waals surface area contributed by atoms with E-state index in [2.05, 4.69) is 10.3 Å². The van der Waals surface area contributed by atoms with E-state index < -0.39 is 16.9 Å². The van der Waals surface area contributed by atoms with E-state index in [1.54, 1.807) is 0 Å². The van der Waals surface area contributed by atoms with Gasteiger partial charge in [0, 0.05) is 16.2 Å². The summed E-state index contributed by atoms with van der Waals surface area (Å²) in [4.78, 5) is 27.0. The van der Waals surface area contributed by atoms with Gasteiger partial charge >= 0.3 is 0 Å². The van der Waals surface area contributed by atoms with Crippen LogP contribution in [0.3, 0.4) is 0 Å². The number of rotatable bonds is 4. The highest BCUT2D eigenvalue weighted by Gasteiger charge is 2.53. The molecule has 1 N–H and O–H groups in total. The Morgan fingerprint density at radius 1 is 1.71 bits per heavy atom. The van der Waals surface area contributed by atoms with Crippen LogP contribution in [0.1, 0.15) is 23.9 Å². The third kappa shape index (κ3) is 2.44. The zero-order chi connectivity index (χ0) is 12.6. The lowest BCUT2D eigenvalue weighted by Crippen LogP contribution is -2.18. The molecule has 1 amide bonds. The van der Waals surface area contributed by atoms with Crippen molar-refractivity contribution in [2.75, 3.05) is 5.32 Å². The lowest BCUT2D eigenvalue weighted by Gasteiger charge is -1.97. The highest BCUT2D eigenvalue weighted by atomic mass is 32.1. The molecule has 0 bridgehead atoms. The molecule has 7 heteroatoms. The molecule has 92 valence electrons. The molecule has 1 aromatic rings. The second-order valence-electron chi connectivity index (χ2n) is 4.06. The first-order valence-corrected chi connectivity index (χ1v) is 6.25. The first-order valence-electron chi connectivity index (χ1n) is 5.43. The van der Waals surface area contributed by atoms with E-state index in [1.165, 1.54) is 11.3 Å². The average molecular weight is 255 g/mol. The van der Waals surface area contributed by atoms with Gasteiger partial charge in [0.15, 0.2) is 5.13 Å². The van der Waals surface area contributed by atoms with Crippen LogP contribution in [-0.4, -0.2) is 21.9 Å². The van der Waals surface area contributed by atoms with Gasteiger partial charge in [-0.2, -0.15) is 0 Å². The molecule has 1 heterocycles. The van der Waals surface area contributed by atoms with Gasteiger partial charge in [-0.15, -0.1) is 11.3 Å². The van der Waals surface area contributed by atoms with Gasteiger partial charge in [-0.1, -0.05) is 6.92 Å². The quantitative estimate of drug-likeness (QED) is 0.654. The molecule has 0 radical (unpaired) electrons. The van der Waals surface area contributed by atoms with Crippen molar-refractivity contribution in [2.45, 2.75) is 32.7 Å². The second kappa shape index (κ2) is 4.40. The van der Waals surface area contributed by atoms with Crippen molar-refractivity contribution in [3.63, 3.8) is 0 Å². The zero-order valence-corrected chi connectivity index (χ0v) is 10.4. The molecule has 0 aromatic carbocycles. The van der Waals surface area contributed by atoms with Crippen LogP contribution < -0.4 is 5.32 Å². The second-order valence-corrected chi connectivity index (χ2v) is 5.26. The number of hydrogen-bond donors (Lipinski definition) is 1. The summed E-state index contributed by atoms with van der Waals surface area (Å²) < 4.78 is 0. The van der Waals surface area contributed by atoms with Gasteiger partial charge in [-0.3, -0.25) is 14.9 Å². The number of nitro groups is 1. The van der Waals surface area contributed by atoms with Crippen LogP contribution >= 0.6 is 11.3 Å². The summed E-state index contributed by atoms with van der Waals surface area (Å²) >= 11 is 1.41. The lowest BCUT2D eigenvalue weighted by atomic mass is 10.3. The van der Waals surface area contributed by atoms with E-state index in [4.69, 9.17) is 0 Å². The monoisotopic (exact) mass is 255 g/mol. The Morgan fingerprint density at radius 2 is 2.41 bits per heavy atom. The minimum atomic E-state index is -0.707. The first-order chi connectivity index (χ1) is 8.02. The number of hydrogen-bond acceptors (Lipinski definition) is 5. The number of carbonyl (C=O) groups excluding carboxylic acids is 1.